The van der Waals surface area contributed by atoms with Gasteiger partial charge in [0.05, 0.1) is 23.3 Å². The number of carbonyl (C=O) groups excluding carboxylic acids is 1. The third-order valence-corrected chi connectivity index (χ3v) is 7.21. The number of nitrogens with zero attached hydrogens (tertiary/aromatic N) is 4. The van der Waals surface area contributed by atoms with E-state index in [4.69, 9.17) is 9.29 Å². The normalized spacial score (nSPS) is 14.6. The molecule has 36 heavy (non-hydrogen) atoms. The van der Waals surface area contributed by atoms with Crippen LogP contribution in [-0.4, -0.2) is 63.0 Å². The number of amides is 2. The minimum absolute atomic E-state index is 0.00399. The van der Waals surface area contributed by atoms with Gasteiger partial charge >= 0.3 is 22.1 Å². The van der Waals surface area contributed by atoms with Crippen LogP contribution in [-0.2, 0) is 14.9 Å². The Labute approximate surface area is 205 Å². The molecule has 2 aromatic heterocycles. The number of H-pyrrole nitrogens is 1. The Morgan fingerprint density at radius 1 is 1.11 bits per heavy atom. The molecule has 5 rings (SSSR count). The summed E-state index contributed by atoms with van der Waals surface area (Å²) in [5.74, 6) is -1.02. The van der Waals surface area contributed by atoms with Gasteiger partial charge in [0.15, 0.2) is 0 Å². The second-order valence-corrected chi connectivity index (χ2v) is 9.84. The van der Waals surface area contributed by atoms with E-state index in [1.807, 2.05) is 0 Å². The van der Waals surface area contributed by atoms with Crippen molar-refractivity contribution < 1.29 is 27.3 Å². The lowest BCUT2D eigenvalue weighted by Gasteiger charge is -2.29. The summed E-state index contributed by atoms with van der Waals surface area (Å²) in [5.41, 5.74) is 1.73. The number of carboxylic acids is 1. The highest BCUT2D eigenvalue weighted by atomic mass is 32.2. The first-order valence-electron chi connectivity index (χ1n) is 11.1. The minimum Gasteiger partial charge on any atom is -0.481 e. The van der Waals surface area contributed by atoms with Gasteiger partial charge < -0.3 is 23.7 Å². The molecule has 0 bridgehead atoms. The molecule has 186 valence electrons. The molecule has 3 heterocycles. The van der Waals surface area contributed by atoms with E-state index in [0.717, 1.165) is 5.69 Å². The maximum absolute atomic E-state index is 12.8. The van der Waals surface area contributed by atoms with Crippen molar-refractivity contribution in [2.75, 3.05) is 18.4 Å². The number of hydrogen-bond acceptors (Lipinski definition) is 7. The number of carbonyl (C=O) groups is 2. The highest BCUT2D eigenvalue weighted by Gasteiger charge is 2.27. The molecule has 0 atom stereocenters. The second kappa shape index (κ2) is 9.34. The number of piperidine rings is 1. The number of nitrogens with one attached hydrogen (secondary N) is 2. The molecule has 0 radical (unpaired) electrons. The fraction of sp³-hybridized carbons (Fsp3) is 0.217. The lowest BCUT2D eigenvalue weighted by molar-refractivity contribution is -0.143. The van der Waals surface area contributed by atoms with E-state index >= 15 is 0 Å². The van der Waals surface area contributed by atoms with Gasteiger partial charge in [-0.05, 0) is 49.2 Å². The minimum atomic E-state index is -4.08. The van der Waals surface area contributed by atoms with Crippen molar-refractivity contribution in [1.82, 2.24) is 24.4 Å². The Bertz CT molecular complexity index is 1510. The number of aromatic amines is 1. The lowest BCUT2D eigenvalue weighted by Crippen LogP contribution is -2.42. The van der Waals surface area contributed by atoms with Gasteiger partial charge in [-0.3, -0.25) is 10.1 Å². The van der Waals surface area contributed by atoms with E-state index in [-0.39, 0.29) is 16.6 Å². The number of urea groups is 1. The molecule has 0 aliphatic carbocycles. The number of benzene rings is 2. The zero-order valence-corrected chi connectivity index (χ0v) is 19.7. The Morgan fingerprint density at radius 3 is 2.53 bits per heavy atom. The number of aromatic nitrogens is 4. The highest BCUT2D eigenvalue weighted by molar-refractivity contribution is 7.87. The molecule has 1 fully saturated rings. The number of imidazole rings is 2. The van der Waals surface area contributed by atoms with Gasteiger partial charge in [-0.25, -0.2) is 14.8 Å². The van der Waals surface area contributed by atoms with Crippen LogP contribution in [0.2, 0.25) is 0 Å². The Hall–Kier alpha value is -4.39. The van der Waals surface area contributed by atoms with Crippen molar-refractivity contribution in [2.24, 2.45) is 5.92 Å². The number of hydrogen-bond donors (Lipinski definition) is 3. The number of carboxylic acid groups (broad SMARTS) is 1. The summed E-state index contributed by atoms with van der Waals surface area (Å²) in [4.78, 5) is 36.3. The summed E-state index contributed by atoms with van der Waals surface area (Å²) >= 11 is 0. The molecule has 0 unspecified atom stereocenters. The molecule has 1 aliphatic rings. The first kappa shape index (κ1) is 23.4. The summed E-state index contributed by atoms with van der Waals surface area (Å²) in [5, 5.41) is 11.8. The third kappa shape index (κ3) is 4.86. The standard InChI is InChI=1S/C23H22N6O6S/c30-21(31)15-7-10-28(11-8-15)23(32)27-22-25-19-6-3-17(13-20(19)26-22)35-36(33,34)18-4-1-16(2-5-18)29-12-9-24-14-29/h1-6,9,12-15H,7-8,10-11H2,(H,30,31)(H2,25,26,27,32). The van der Waals surface area contributed by atoms with Crippen LogP contribution >= 0.6 is 0 Å². The van der Waals surface area contributed by atoms with Crippen LogP contribution in [0.4, 0.5) is 10.7 Å². The molecule has 3 N–H and O–H groups in total. The summed E-state index contributed by atoms with van der Waals surface area (Å²) in [6.07, 6.45) is 5.77. The maximum atomic E-state index is 12.8. The lowest BCUT2D eigenvalue weighted by atomic mass is 9.97. The molecule has 0 saturated carbocycles. The Balaban J connectivity index is 1.26. The first-order valence-corrected chi connectivity index (χ1v) is 12.5. The monoisotopic (exact) mass is 510 g/mol. The van der Waals surface area contributed by atoms with E-state index in [0.29, 0.717) is 37.0 Å². The van der Waals surface area contributed by atoms with Crippen LogP contribution in [0, 0.1) is 5.92 Å². The van der Waals surface area contributed by atoms with Crippen LogP contribution in [0.3, 0.4) is 0 Å². The highest BCUT2D eigenvalue weighted by Crippen LogP contribution is 2.25. The van der Waals surface area contributed by atoms with Crippen molar-refractivity contribution in [3.63, 3.8) is 0 Å². The van der Waals surface area contributed by atoms with Crippen LogP contribution in [0.25, 0.3) is 16.7 Å². The fourth-order valence-corrected chi connectivity index (χ4v) is 4.90. The summed E-state index contributed by atoms with van der Waals surface area (Å²) in [6.45, 7) is 0.671. The smallest absolute Gasteiger partial charge is 0.339 e. The van der Waals surface area contributed by atoms with Crippen molar-refractivity contribution >= 4 is 39.1 Å². The van der Waals surface area contributed by atoms with Gasteiger partial charge in [-0.1, -0.05) is 0 Å². The Morgan fingerprint density at radius 2 is 1.86 bits per heavy atom. The predicted molar refractivity (Wildman–Crippen MR) is 128 cm³/mol. The van der Waals surface area contributed by atoms with Crippen molar-refractivity contribution in [3.8, 4) is 11.4 Å². The van der Waals surface area contributed by atoms with E-state index in [1.54, 1.807) is 41.5 Å². The van der Waals surface area contributed by atoms with Crippen molar-refractivity contribution in [2.45, 2.75) is 17.7 Å². The van der Waals surface area contributed by atoms with Crippen molar-refractivity contribution in [1.29, 1.82) is 0 Å². The average molecular weight is 511 g/mol. The van der Waals surface area contributed by atoms with Crippen LogP contribution in [0.15, 0.2) is 66.1 Å². The number of anilines is 1. The molecule has 1 saturated heterocycles. The van der Waals surface area contributed by atoms with E-state index in [2.05, 4.69) is 20.3 Å². The van der Waals surface area contributed by atoms with Gasteiger partial charge in [-0.2, -0.15) is 8.42 Å². The number of aliphatic carboxylic acids is 1. The van der Waals surface area contributed by atoms with E-state index in [9.17, 15) is 18.0 Å². The number of rotatable bonds is 6. The number of likely N-dealkylation sites (tertiary alicyclic amines) is 1. The van der Waals surface area contributed by atoms with Gasteiger partial charge in [0.2, 0.25) is 5.95 Å². The zero-order chi connectivity index (χ0) is 25.3. The van der Waals surface area contributed by atoms with E-state index in [1.165, 1.54) is 29.2 Å². The van der Waals surface area contributed by atoms with Crippen LogP contribution < -0.4 is 9.50 Å². The third-order valence-electron chi connectivity index (χ3n) is 5.94. The van der Waals surface area contributed by atoms with Gasteiger partial charge in [0.1, 0.15) is 10.6 Å². The predicted octanol–water partition coefficient (Wildman–Crippen LogP) is 2.84. The molecule has 2 amide bonds. The molecular weight excluding hydrogens is 488 g/mol. The molecule has 13 heteroatoms. The van der Waals surface area contributed by atoms with Gasteiger partial charge in [0.25, 0.3) is 0 Å². The van der Waals surface area contributed by atoms with Crippen molar-refractivity contribution in [3.05, 3.63) is 61.2 Å². The molecular formula is C23H22N6O6S. The SMILES string of the molecule is O=C(O)C1CCN(C(=O)Nc2nc3ccc(OS(=O)(=O)c4ccc(-n5ccnc5)cc4)cc3[nH]2)CC1. The Kier molecular flexibility index (Phi) is 6.06. The molecule has 12 nitrogen and oxygen atoms in total. The first-order chi connectivity index (χ1) is 17.3. The largest absolute Gasteiger partial charge is 0.481 e. The van der Waals surface area contributed by atoms with Gasteiger partial charge in [0, 0.05) is 37.2 Å². The average Bonchev–Trinajstić information content (AvgIpc) is 3.54. The second-order valence-electron chi connectivity index (χ2n) is 8.30. The number of fused-ring (bicyclic) bond motifs is 1. The summed E-state index contributed by atoms with van der Waals surface area (Å²) < 4.78 is 32.6. The topological polar surface area (TPSA) is 160 Å². The summed E-state index contributed by atoms with van der Waals surface area (Å²) in [6, 6.07) is 10.3. The summed E-state index contributed by atoms with van der Waals surface area (Å²) in [7, 11) is -4.08. The quantitative estimate of drug-likeness (QED) is 0.334. The van der Waals surface area contributed by atoms with Gasteiger partial charge in [-0.15, -0.1) is 0 Å². The molecule has 0 spiro atoms. The zero-order valence-electron chi connectivity index (χ0n) is 18.9. The maximum Gasteiger partial charge on any atom is 0.339 e. The van der Waals surface area contributed by atoms with Crippen LogP contribution in [0.1, 0.15) is 12.8 Å². The molecule has 1 aliphatic heterocycles. The molecule has 4 aromatic rings. The molecule has 2 aromatic carbocycles. The van der Waals surface area contributed by atoms with E-state index < -0.39 is 28.0 Å². The van der Waals surface area contributed by atoms with Crippen LogP contribution in [0.5, 0.6) is 5.75 Å². The fourth-order valence-electron chi connectivity index (χ4n) is 3.98.